The maximum Gasteiger partial charge on any atom is 0.320 e. The van der Waals surface area contributed by atoms with Gasteiger partial charge in [-0.1, -0.05) is 42.5 Å². The van der Waals surface area contributed by atoms with Gasteiger partial charge in [0.1, 0.15) is 6.17 Å². The van der Waals surface area contributed by atoms with E-state index in [2.05, 4.69) is 27.8 Å². The van der Waals surface area contributed by atoms with E-state index in [1.807, 2.05) is 30.3 Å². The van der Waals surface area contributed by atoms with Crippen molar-refractivity contribution in [3.63, 3.8) is 0 Å². The molecule has 1 aliphatic heterocycles. The number of hydrogen-bond donors (Lipinski definition) is 2. The maximum absolute atomic E-state index is 13.4. The largest absolute Gasteiger partial charge is 0.320 e. The summed E-state index contributed by atoms with van der Waals surface area (Å²) in [7, 11) is 0. The summed E-state index contributed by atoms with van der Waals surface area (Å²) < 4.78 is 0. The molecule has 5 atom stereocenters. The van der Waals surface area contributed by atoms with Gasteiger partial charge in [0.15, 0.2) is 0 Å². The number of hydrogen-bond acceptors (Lipinski definition) is 4. The Labute approximate surface area is 180 Å². The first-order valence-corrected chi connectivity index (χ1v) is 10.7. The molecular formula is C24H24N4O3. The smallest absolute Gasteiger partial charge is 0.317 e. The molecule has 0 unspecified atom stereocenters. The van der Waals surface area contributed by atoms with Gasteiger partial charge >= 0.3 is 6.03 Å². The molecule has 2 bridgehead atoms. The lowest BCUT2D eigenvalue weighted by atomic mass is 9.63. The number of allylic oxidation sites excluding steroid dienone is 2. The van der Waals surface area contributed by atoms with Gasteiger partial charge in [0.25, 0.3) is 0 Å². The first kappa shape index (κ1) is 19.5. The summed E-state index contributed by atoms with van der Waals surface area (Å²) in [5, 5.41) is 5.59. The number of carbonyl (C=O) groups is 3. The molecule has 7 heteroatoms. The minimum Gasteiger partial charge on any atom is -0.317 e. The average molecular weight is 416 g/mol. The number of nitrogens with one attached hydrogen (secondary N) is 2. The molecular weight excluding hydrogens is 392 g/mol. The number of rotatable bonds is 5. The fourth-order valence-corrected chi connectivity index (χ4v) is 5.20. The number of urea groups is 1. The van der Waals surface area contributed by atoms with E-state index in [0.717, 1.165) is 18.4 Å². The Hall–Kier alpha value is -3.48. The van der Waals surface area contributed by atoms with Crippen molar-refractivity contribution in [3.8, 4) is 0 Å². The summed E-state index contributed by atoms with van der Waals surface area (Å²) >= 11 is 0. The quantitative estimate of drug-likeness (QED) is 0.579. The number of likely N-dealkylation sites (tertiary alicyclic amines) is 1. The van der Waals surface area contributed by atoms with Crippen LogP contribution in [0.4, 0.5) is 10.5 Å². The van der Waals surface area contributed by atoms with Crippen LogP contribution >= 0.6 is 0 Å². The fourth-order valence-electron chi connectivity index (χ4n) is 5.20. The van der Waals surface area contributed by atoms with Gasteiger partial charge in [-0.05, 0) is 42.4 Å². The van der Waals surface area contributed by atoms with Crippen LogP contribution in [0.1, 0.15) is 18.4 Å². The predicted octanol–water partition coefficient (Wildman–Crippen LogP) is 2.97. The highest BCUT2D eigenvalue weighted by Crippen LogP contribution is 2.49. The van der Waals surface area contributed by atoms with Gasteiger partial charge in [0.2, 0.25) is 11.8 Å². The van der Waals surface area contributed by atoms with Crippen LogP contribution in [0.15, 0.2) is 67.0 Å². The van der Waals surface area contributed by atoms with E-state index >= 15 is 0 Å². The number of benzene rings is 1. The molecule has 31 heavy (non-hydrogen) atoms. The van der Waals surface area contributed by atoms with Crippen LogP contribution in [0, 0.1) is 23.7 Å². The van der Waals surface area contributed by atoms with Crippen molar-refractivity contribution in [2.24, 2.45) is 23.7 Å². The Morgan fingerprint density at radius 1 is 1.00 bits per heavy atom. The molecule has 1 aromatic carbocycles. The molecule has 4 amide bonds. The second kappa shape index (κ2) is 7.98. The van der Waals surface area contributed by atoms with Crippen molar-refractivity contribution in [2.75, 3.05) is 5.32 Å². The normalized spacial score (nSPS) is 27.2. The maximum atomic E-state index is 13.4. The highest BCUT2D eigenvalue weighted by atomic mass is 16.2. The monoisotopic (exact) mass is 416 g/mol. The van der Waals surface area contributed by atoms with Crippen LogP contribution in [0.5, 0.6) is 0 Å². The number of aromatic nitrogens is 1. The molecule has 7 nitrogen and oxygen atoms in total. The molecule has 158 valence electrons. The van der Waals surface area contributed by atoms with Gasteiger partial charge < -0.3 is 10.6 Å². The summed E-state index contributed by atoms with van der Waals surface area (Å²) in [6.45, 7) is 0. The van der Waals surface area contributed by atoms with E-state index in [1.165, 1.54) is 11.1 Å². The van der Waals surface area contributed by atoms with E-state index in [4.69, 9.17) is 0 Å². The van der Waals surface area contributed by atoms with Gasteiger partial charge in [-0.3, -0.25) is 19.5 Å². The molecule has 2 heterocycles. The SMILES string of the molecule is O=C(Nc1cccnc1)N[C@H](Cc1ccccc1)N1C(=O)[C@@H]2[C@@H](C1=O)[C@H]1C=C[C@H]2CC1. The first-order valence-electron chi connectivity index (χ1n) is 10.7. The fraction of sp³-hybridized carbons (Fsp3) is 0.333. The van der Waals surface area contributed by atoms with E-state index < -0.39 is 12.2 Å². The zero-order chi connectivity index (χ0) is 21.4. The van der Waals surface area contributed by atoms with Crippen molar-refractivity contribution in [3.05, 3.63) is 72.6 Å². The minimum atomic E-state index is -0.760. The number of carbonyl (C=O) groups excluding carboxylic acids is 3. The van der Waals surface area contributed by atoms with Gasteiger partial charge in [-0.2, -0.15) is 0 Å². The predicted molar refractivity (Wildman–Crippen MR) is 115 cm³/mol. The van der Waals surface area contributed by atoms with Crippen LogP contribution in [-0.4, -0.2) is 33.9 Å². The first-order chi connectivity index (χ1) is 15.1. The number of nitrogens with zero attached hydrogens (tertiary/aromatic N) is 2. The van der Waals surface area contributed by atoms with Crippen molar-refractivity contribution in [2.45, 2.75) is 25.4 Å². The zero-order valence-corrected chi connectivity index (χ0v) is 17.0. The Balaban J connectivity index is 1.41. The van der Waals surface area contributed by atoms with Gasteiger partial charge in [-0.25, -0.2) is 4.79 Å². The third-order valence-electron chi connectivity index (χ3n) is 6.59. The second-order valence-electron chi connectivity index (χ2n) is 8.43. The van der Waals surface area contributed by atoms with Crippen LogP contribution in [0.2, 0.25) is 0 Å². The lowest BCUT2D eigenvalue weighted by molar-refractivity contribution is -0.143. The molecule has 1 aromatic heterocycles. The van der Waals surface area contributed by atoms with Crippen molar-refractivity contribution in [1.82, 2.24) is 15.2 Å². The van der Waals surface area contributed by atoms with Crippen molar-refractivity contribution >= 4 is 23.5 Å². The van der Waals surface area contributed by atoms with Crippen LogP contribution in [0.25, 0.3) is 0 Å². The third kappa shape index (κ3) is 3.60. The van der Waals surface area contributed by atoms with Crippen LogP contribution in [0.3, 0.4) is 0 Å². The van der Waals surface area contributed by atoms with Crippen molar-refractivity contribution < 1.29 is 14.4 Å². The molecule has 1 saturated carbocycles. The second-order valence-corrected chi connectivity index (χ2v) is 8.43. The number of imide groups is 1. The van der Waals surface area contributed by atoms with Gasteiger partial charge in [0, 0.05) is 12.6 Å². The number of pyridine rings is 1. The Morgan fingerprint density at radius 3 is 2.26 bits per heavy atom. The molecule has 1 saturated heterocycles. The number of fused-ring (bicyclic) bond motifs is 1. The van der Waals surface area contributed by atoms with E-state index in [-0.39, 0.29) is 35.5 Å². The van der Waals surface area contributed by atoms with Gasteiger partial charge in [-0.15, -0.1) is 0 Å². The van der Waals surface area contributed by atoms with E-state index in [9.17, 15) is 14.4 Å². The summed E-state index contributed by atoms with van der Waals surface area (Å²) in [5.74, 6) is -0.736. The van der Waals surface area contributed by atoms with Crippen LogP contribution in [-0.2, 0) is 16.0 Å². The molecule has 6 rings (SSSR count). The molecule has 2 N–H and O–H groups in total. The molecule has 3 aliphatic carbocycles. The molecule has 4 aliphatic rings. The highest BCUT2D eigenvalue weighted by Gasteiger charge is 2.58. The van der Waals surface area contributed by atoms with Gasteiger partial charge in [0.05, 0.1) is 23.7 Å². The number of anilines is 1. The third-order valence-corrected chi connectivity index (χ3v) is 6.59. The lowest BCUT2D eigenvalue weighted by Crippen LogP contribution is -2.53. The lowest BCUT2D eigenvalue weighted by Gasteiger charge is -2.38. The summed E-state index contributed by atoms with van der Waals surface area (Å²) in [6.07, 6.45) is 8.81. The number of amides is 4. The summed E-state index contributed by atoms with van der Waals surface area (Å²) in [5.41, 5.74) is 1.47. The molecule has 2 aromatic rings. The Kier molecular flexibility index (Phi) is 5.02. The Bertz CT molecular complexity index is 992. The molecule has 2 fully saturated rings. The Morgan fingerprint density at radius 2 is 1.68 bits per heavy atom. The van der Waals surface area contributed by atoms with Crippen molar-refractivity contribution in [1.29, 1.82) is 0 Å². The summed E-state index contributed by atoms with van der Waals surface area (Å²) in [4.78, 5) is 44.8. The van der Waals surface area contributed by atoms with E-state index in [0.29, 0.717) is 12.1 Å². The summed E-state index contributed by atoms with van der Waals surface area (Å²) in [6, 6.07) is 12.5. The molecule has 0 radical (unpaired) electrons. The van der Waals surface area contributed by atoms with Crippen LogP contribution < -0.4 is 10.6 Å². The highest BCUT2D eigenvalue weighted by molar-refractivity contribution is 6.06. The average Bonchev–Trinajstić information content (AvgIpc) is 3.08. The zero-order valence-electron chi connectivity index (χ0n) is 17.0. The molecule has 0 spiro atoms. The van der Waals surface area contributed by atoms with E-state index in [1.54, 1.807) is 18.3 Å². The minimum absolute atomic E-state index is 0.109. The topological polar surface area (TPSA) is 91.4 Å². The standard InChI is InChI=1S/C24H24N4O3/c29-22-20-16-8-9-17(11-10-16)21(20)23(30)28(22)19(13-15-5-2-1-3-6-15)27-24(31)26-18-7-4-12-25-14-18/h1-9,12,14,16-17,19-21H,10-11,13H2,(H2,26,27,31)/t16-,17-,19-,20-,21-/m0/s1.